The average molecular weight is 320 g/mol. The molecule has 2 rings (SSSR count). The number of piperidine rings is 1. The van der Waals surface area contributed by atoms with Gasteiger partial charge in [-0.2, -0.15) is 0 Å². The molecule has 2 amide bonds. The van der Waals surface area contributed by atoms with Crippen LogP contribution in [0.2, 0.25) is 0 Å². The second-order valence-corrected chi connectivity index (χ2v) is 6.49. The molecule has 23 heavy (non-hydrogen) atoms. The smallest absolute Gasteiger partial charge is 0.317 e. The summed E-state index contributed by atoms with van der Waals surface area (Å²) in [6, 6.07) is 6.02. The molecule has 1 aromatic carbocycles. The van der Waals surface area contributed by atoms with Crippen LogP contribution in [-0.2, 0) is 0 Å². The first-order valence-electron chi connectivity index (χ1n) is 8.37. The molecular formula is C18H28N2O3. The van der Waals surface area contributed by atoms with Crippen molar-refractivity contribution in [3.63, 3.8) is 0 Å². The zero-order valence-electron chi connectivity index (χ0n) is 14.3. The number of benzene rings is 1. The first kappa shape index (κ1) is 17.6. The van der Waals surface area contributed by atoms with Crippen LogP contribution < -0.4 is 10.1 Å². The van der Waals surface area contributed by atoms with Crippen LogP contribution in [0, 0.1) is 19.8 Å². The average Bonchev–Trinajstić information content (AvgIpc) is 2.50. The van der Waals surface area contributed by atoms with Gasteiger partial charge in [-0.3, -0.25) is 0 Å². The fraction of sp³-hybridized carbons (Fsp3) is 0.611. The molecule has 0 radical (unpaired) electrons. The number of carbonyl (C=O) groups is 1. The van der Waals surface area contributed by atoms with Crippen molar-refractivity contribution in [1.29, 1.82) is 0 Å². The monoisotopic (exact) mass is 320 g/mol. The van der Waals surface area contributed by atoms with Gasteiger partial charge in [0.05, 0.1) is 12.6 Å². The minimum absolute atomic E-state index is 0.0700. The number of hydrogen-bond donors (Lipinski definition) is 2. The molecule has 128 valence electrons. The number of nitrogens with zero attached hydrogens (tertiary/aromatic N) is 1. The summed E-state index contributed by atoms with van der Waals surface area (Å²) < 4.78 is 5.69. The Labute approximate surface area is 138 Å². The van der Waals surface area contributed by atoms with Gasteiger partial charge in [-0.1, -0.05) is 6.07 Å². The highest BCUT2D eigenvalue weighted by Gasteiger charge is 2.26. The van der Waals surface area contributed by atoms with E-state index in [9.17, 15) is 9.90 Å². The summed E-state index contributed by atoms with van der Waals surface area (Å²) in [5.74, 6) is 1.02. The Morgan fingerprint density at radius 2 is 2.09 bits per heavy atom. The molecule has 1 heterocycles. The summed E-state index contributed by atoms with van der Waals surface area (Å²) in [7, 11) is 0. The van der Waals surface area contributed by atoms with E-state index in [4.69, 9.17) is 4.74 Å². The van der Waals surface area contributed by atoms with E-state index in [0.717, 1.165) is 25.1 Å². The molecule has 1 aliphatic rings. The lowest BCUT2D eigenvalue weighted by molar-refractivity contribution is 0.0737. The van der Waals surface area contributed by atoms with Crippen LogP contribution in [-0.4, -0.2) is 48.4 Å². The van der Waals surface area contributed by atoms with Crippen molar-refractivity contribution < 1.29 is 14.6 Å². The minimum atomic E-state index is -0.363. The highest BCUT2D eigenvalue weighted by Crippen LogP contribution is 2.19. The Bertz CT molecular complexity index is 511. The van der Waals surface area contributed by atoms with E-state index in [2.05, 4.69) is 11.4 Å². The number of ether oxygens (including phenoxy) is 1. The Morgan fingerprint density at radius 3 is 2.74 bits per heavy atom. The lowest BCUT2D eigenvalue weighted by Crippen LogP contribution is -2.48. The molecule has 0 saturated carbocycles. The van der Waals surface area contributed by atoms with E-state index in [0.29, 0.717) is 19.7 Å². The highest BCUT2D eigenvalue weighted by molar-refractivity contribution is 5.74. The van der Waals surface area contributed by atoms with Gasteiger partial charge in [0.15, 0.2) is 0 Å². The van der Waals surface area contributed by atoms with Gasteiger partial charge in [-0.15, -0.1) is 0 Å². The van der Waals surface area contributed by atoms with Gasteiger partial charge < -0.3 is 20.1 Å². The van der Waals surface area contributed by atoms with Gasteiger partial charge in [0.25, 0.3) is 0 Å². The van der Waals surface area contributed by atoms with Crippen molar-refractivity contribution in [3.05, 3.63) is 29.3 Å². The molecule has 2 atom stereocenters. The summed E-state index contributed by atoms with van der Waals surface area (Å²) in [6.45, 7) is 8.18. The summed E-state index contributed by atoms with van der Waals surface area (Å²) in [5, 5.41) is 12.6. The van der Waals surface area contributed by atoms with E-state index in [1.807, 2.05) is 26.0 Å². The summed E-state index contributed by atoms with van der Waals surface area (Å²) in [4.78, 5) is 14.0. The number of aryl methyl sites for hydroxylation is 2. The van der Waals surface area contributed by atoms with E-state index in [-0.39, 0.29) is 18.1 Å². The second kappa shape index (κ2) is 8.20. The SMILES string of the molecule is Cc1cc(C)cc(OCCNC(=O)N2CCCC(C(C)O)C2)c1. The van der Waals surface area contributed by atoms with Crippen molar-refractivity contribution in [2.75, 3.05) is 26.2 Å². The molecule has 0 aliphatic carbocycles. The van der Waals surface area contributed by atoms with E-state index in [1.54, 1.807) is 11.8 Å². The lowest BCUT2D eigenvalue weighted by Gasteiger charge is -2.34. The molecule has 5 nitrogen and oxygen atoms in total. The van der Waals surface area contributed by atoms with Gasteiger partial charge in [-0.05, 0) is 56.9 Å². The van der Waals surface area contributed by atoms with Crippen LogP contribution >= 0.6 is 0 Å². The van der Waals surface area contributed by atoms with Gasteiger partial charge in [0, 0.05) is 19.0 Å². The highest BCUT2D eigenvalue weighted by atomic mass is 16.5. The number of likely N-dealkylation sites (tertiary alicyclic amines) is 1. The number of amides is 2. The third-order valence-electron chi connectivity index (χ3n) is 4.27. The number of hydrogen-bond acceptors (Lipinski definition) is 3. The predicted molar refractivity (Wildman–Crippen MR) is 90.8 cm³/mol. The van der Waals surface area contributed by atoms with Crippen LogP contribution in [0.1, 0.15) is 30.9 Å². The van der Waals surface area contributed by atoms with E-state index >= 15 is 0 Å². The largest absolute Gasteiger partial charge is 0.492 e. The van der Waals surface area contributed by atoms with Gasteiger partial charge in [0.2, 0.25) is 0 Å². The molecule has 0 aromatic heterocycles. The maximum Gasteiger partial charge on any atom is 0.317 e. The summed E-state index contributed by atoms with van der Waals surface area (Å²) in [5.41, 5.74) is 2.34. The first-order chi connectivity index (χ1) is 11.0. The molecule has 2 N–H and O–H groups in total. The number of aliphatic hydroxyl groups excluding tert-OH is 1. The van der Waals surface area contributed by atoms with Crippen LogP contribution in [0.5, 0.6) is 5.75 Å². The zero-order valence-corrected chi connectivity index (χ0v) is 14.3. The van der Waals surface area contributed by atoms with Crippen LogP contribution in [0.3, 0.4) is 0 Å². The van der Waals surface area contributed by atoms with E-state index in [1.165, 1.54) is 11.1 Å². The van der Waals surface area contributed by atoms with Crippen LogP contribution in [0.4, 0.5) is 4.79 Å². The fourth-order valence-corrected chi connectivity index (χ4v) is 3.04. The Kier molecular flexibility index (Phi) is 6.28. The molecule has 1 aromatic rings. The predicted octanol–water partition coefficient (Wildman–Crippen LogP) is 2.48. The van der Waals surface area contributed by atoms with Gasteiger partial charge in [-0.25, -0.2) is 4.79 Å². The van der Waals surface area contributed by atoms with E-state index < -0.39 is 0 Å². The van der Waals surface area contributed by atoms with Crippen molar-refractivity contribution in [3.8, 4) is 5.75 Å². The number of urea groups is 1. The van der Waals surface area contributed by atoms with Crippen molar-refractivity contribution in [1.82, 2.24) is 10.2 Å². The first-order valence-corrected chi connectivity index (χ1v) is 8.37. The zero-order chi connectivity index (χ0) is 16.8. The molecule has 2 unspecified atom stereocenters. The summed E-state index contributed by atoms with van der Waals surface area (Å²) >= 11 is 0. The molecular weight excluding hydrogens is 292 g/mol. The summed E-state index contributed by atoms with van der Waals surface area (Å²) in [6.07, 6.45) is 1.57. The fourth-order valence-electron chi connectivity index (χ4n) is 3.04. The quantitative estimate of drug-likeness (QED) is 0.819. The third-order valence-corrected chi connectivity index (χ3v) is 4.27. The van der Waals surface area contributed by atoms with Crippen molar-refractivity contribution in [2.24, 2.45) is 5.92 Å². The lowest BCUT2D eigenvalue weighted by atomic mass is 9.94. The maximum atomic E-state index is 12.2. The Balaban J connectivity index is 1.72. The molecule has 0 spiro atoms. The normalized spacial score (nSPS) is 19.3. The maximum absolute atomic E-state index is 12.2. The number of aliphatic hydroxyl groups is 1. The molecule has 5 heteroatoms. The molecule has 1 aliphatic heterocycles. The van der Waals surface area contributed by atoms with Crippen molar-refractivity contribution >= 4 is 6.03 Å². The van der Waals surface area contributed by atoms with Gasteiger partial charge >= 0.3 is 6.03 Å². The third kappa shape index (κ3) is 5.43. The molecule has 1 fully saturated rings. The Hall–Kier alpha value is -1.75. The molecule has 1 saturated heterocycles. The minimum Gasteiger partial charge on any atom is -0.492 e. The van der Waals surface area contributed by atoms with Crippen molar-refractivity contribution in [2.45, 2.75) is 39.7 Å². The number of carbonyl (C=O) groups excluding carboxylic acids is 1. The van der Waals surface area contributed by atoms with Crippen LogP contribution in [0.25, 0.3) is 0 Å². The number of nitrogens with one attached hydrogen (secondary N) is 1. The topological polar surface area (TPSA) is 61.8 Å². The number of rotatable bonds is 5. The molecule has 0 bridgehead atoms. The second-order valence-electron chi connectivity index (χ2n) is 6.49. The van der Waals surface area contributed by atoms with Gasteiger partial charge in [0.1, 0.15) is 12.4 Å². The standard InChI is InChI=1S/C18H28N2O3/c1-13-9-14(2)11-17(10-13)23-8-6-19-18(22)20-7-4-5-16(12-20)15(3)21/h9-11,15-16,21H,4-8,12H2,1-3H3,(H,19,22). The van der Waals surface area contributed by atoms with Crippen LogP contribution in [0.15, 0.2) is 18.2 Å². The Morgan fingerprint density at radius 1 is 1.39 bits per heavy atom.